The van der Waals surface area contributed by atoms with Crippen LogP contribution in [0.25, 0.3) is 0 Å². The van der Waals surface area contributed by atoms with Gasteiger partial charge in [0.15, 0.2) is 6.10 Å². The topological polar surface area (TPSA) is 52.6 Å². The highest BCUT2D eigenvalue weighted by atomic mass is 19.4. The van der Waals surface area contributed by atoms with Gasteiger partial charge in [-0.25, -0.2) is 0 Å². The molecule has 0 saturated carbocycles. The van der Waals surface area contributed by atoms with Gasteiger partial charge in [-0.1, -0.05) is 30.3 Å². The zero-order valence-electron chi connectivity index (χ0n) is 12.8. The molecule has 0 aliphatic heterocycles. The highest BCUT2D eigenvalue weighted by Crippen LogP contribution is 2.22. The second-order valence-corrected chi connectivity index (χ2v) is 4.98. The van der Waals surface area contributed by atoms with Gasteiger partial charge in [0.25, 0.3) is 0 Å². The molecule has 0 aromatic heterocycles. The summed E-state index contributed by atoms with van der Waals surface area (Å²) in [6, 6.07) is 9.46. The van der Waals surface area contributed by atoms with E-state index in [0.717, 1.165) is 12.5 Å². The van der Waals surface area contributed by atoms with Gasteiger partial charge in [0.05, 0.1) is 6.61 Å². The minimum atomic E-state index is -4.58. The number of ether oxygens (including phenoxy) is 2. The predicted octanol–water partition coefficient (Wildman–Crippen LogP) is 3.44. The van der Waals surface area contributed by atoms with Gasteiger partial charge in [-0.2, -0.15) is 13.2 Å². The van der Waals surface area contributed by atoms with Crippen molar-refractivity contribution < 1.29 is 32.2 Å². The van der Waals surface area contributed by atoms with Gasteiger partial charge in [0.2, 0.25) is 0 Å². The Morgan fingerprint density at radius 1 is 1.09 bits per heavy atom. The molecule has 0 heterocycles. The number of benzene rings is 1. The fraction of sp³-hybridized carbons (Fsp3) is 0.500. The van der Waals surface area contributed by atoms with Crippen LogP contribution in [0.1, 0.15) is 31.7 Å². The number of alkyl halides is 3. The third-order valence-corrected chi connectivity index (χ3v) is 3.03. The van der Waals surface area contributed by atoms with E-state index in [4.69, 9.17) is 4.74 Å². The van der Waals surface area contributed by atoms with Crippen molar-refractivity contribution in [2.75, 3.05) is 6.61 Å². The third kappa shape index (κ3) is 8.23. The molecule has 0 N–H and O–H groups in total. The molecule has 0 aliphatic carbocycles. The lowest BCUT2D eigenvalue weighted by molar-refractivity contribution is -0.216. The molecule has 7 heteroatoms. The van der Waals surface area contributed by atoms with Crippen LogP contribution in [0.3, 0.4) is 0 Å². The van der Waals surface area contributed by atoms with Crippen molar-refractivity contribution in [3.8, 4) is 0 Å². The molecule has 0 saturated heterocycles. The molecule has 128 valence electrons. The Kier molecular flexibility index (Phi) is 7.57. The first kappa shape index (κ1) is 19.0. The van der Waals surface area contributed by atoms with E-state index in [0.29, 0.717) is 6.42 Å². The van der Waals surface area contributed by atoms with E-state index in [1.54, 1.807) is 0 Å². The summed E-state index contributed by atoms with van der Waals surface area (Å²) in [4.78, 5) is 22.6. The molecule has 23 heavy (non-hydrogen) atoms. The first-order valence-electron chi connectivity index (χ1n) is 7.25. The zero-order valence-corrected chi connectivity index (χ0v) is 12.8. The fourth-order valence-corrected chi connectivity index (χ4v) is 1.70. The van der Waals surface area contributed by atoms with Crippen LogP contribution in [0.2, 0.25) is 0 Å². The standard InChI is InChI=1S/C16H19F3O4/c1-12(16(17,18)19)23-15(21)9-5-8-14(20)22-11-10-13-6-3-2-4-7-13/h2-4,6-7,12H,5,8-11H2,1H3. The Labute approximate surface area is 132 Å². The molecule has 0 spiro atoms. The lowest BCUT2D eigenvalue weighted by atomic mass is 10.2. The molecule has 1 unspecified atom stereocenters. The summed E-state index contributed by atoms with van der Waals surface area (Å²) in [5, 5.41) is 0. The summed E-state index contributed by atoms with van der Waals surface area (Å²) in [7, 11) is 0. The second-order valence-electron chi connectivity index (χ2n) is 4.98. The molecular formula is C16H19F3O4. The first-order chi connectivity index (χ1) is 10.8. The van der Waals surface area contributed by atoms with Crippen molar-refractivity contribution in [3.63, 3.8) is 0 Å². The Morgan fingerprint density at radius 2 is 1.70 bits per heavy atom. The highest BCUT2D eigenvalue weighted by molar-refractivity contribution is 5.72. The molecular weight excluding hydrogens is 313 g/mol. The van der Waals surface area contributed by atoms with Crippen molar-refractivity contribution in [3.05, 3.63) is 35.9 Å². The molecule has 0 aliphatic rings. The molecule has 1 aromatic rings. The van der Waals surface area contributed by atoms with Crippen LogP contribution >= 0.6 is 0 Å². The number of carbonyl (C=O) groups is 2. The second kappa shape index (κ2) is 9.17. The van der Waals surface area contributed by atoms with E-state index >= 15 is 0 Å². The summed E-state index contributed by atoms with van der Waals surface area (Å²) in [6.45, 7) is 0.980. The Hall–Kier alpha value is -2.05. The van der Waals surface area contributed by atoms with E-state index in [2.05, 4.69) is 4.74 Å². The molecule has 1 aromatic carbocycles. The highest BCUT2D eigenvalue weighted by Gasteiger charge is 2.38. The monoisotopic (exact) mass is 332 g/mol. The minimum absolute atomic E-state index is 0.0374. The number of carbonyl (C=O) groups excluding carboxylic acids is 2. The number of rotatable bonds is 8. The maximum Gasteiger partial charge on any atom is 0.425 e. The Morgan fingerprint density at radius 3 is 2.30 bits per heavy atom. The molecule has 1 atom stereocenters. The van der Waals surface area contributed by atoms with Gasteiger partial charge < -0.3 is 9.47 Å². The summed E-state index contributed by atoms with van der Waals surface area (Å²) in [6.07, 6.45) is -6.34. The van der Waals surface area contributed by atoms with Crippen LogP contribution in [-0.2, 0) is 25.5 Å². The van der Waals surface area contributed by atoms with E-state index < -0.39 is 24.2 Å². The smallest absolute Gasteiger partial charge is 0.425 e. The molecule has 4 nitrogen and oxygen atoms in total. The molecule has 0 bridgehead atoms. The van der Waals surface area contributed by atoms with Crippen molar-refractivity contribution in [1.29, 1.82) is 0 Å². The number of esters is 2. The van der Waals surface area contributed by atoms with Gasteiger partial charge in [-0.05, 0) is 18.9 Å². The average molecular weight is 332 g/mol. The van der Waals surface area contributed by atoms with E-state index in [9.17, 15) is 22.8 Å². The molecule has 0 amide bonds. The van der Waals surface area contributed by atoms with Crippen LogP contribution in [0, 0.1) is 0 Å². The maximum absolute atomic E-state index is 12.2. The number of halogens is 3. The van der Waals surface area contributed by atoms with Crippen LogP contribution in [-0.4, -0.2) is 30.8 Å². The first-order valence-corrected chi connectivity index (χ1v) is 7.25. The normalized spacial score (nSPS) is 12.5. The zero-order chi connectivity index (χ0) is 17.3. The molecule has 1 rings (SSSR count). The summed E-state index contributed by atoms with van der Waals surface area (Å²) in [5.41, 5.74) is 1.03. The maximum atomic E-state index is 12.2. The molecule has 0 radical (unpaired) electrons. The summed E-state index contributed by atoms with van der Waals surface area (Å²) < 4.78 is 45.8. The lowest BCUT2D eigenvalue weighted by Crippen LogP contribution is -2.30. The van der Waals surface area contributed by atoms with Crippen molar-refractivity contribution in [1.82, 2.24) is 0 Å². The lowest BCUT2D eigenvalue weighted by Gasteiger charge is -2.16. The SMILES string of the molecule is CC(OC(=O)CCCC(=O)OCCc1ccccc1)C(F)(F)F. The fourth-order valence-electron chi connectivity index (χ4n) is 1.70. The van der Waals surface area contributed by atoms with E-state index in [1.165, 1.54) is 0 Å². The number of hydrogen-bond donors (Lipinski definition) is 0. The van der Waals surface area contributed by atoms with Crippen molar-refractivity contribution in [2.24, 2.45) is 0 Å². The Bertz CT molecular complexity index is 500. The van der Waals surface area contributed by atoms with Crippen LogP contribution in [0.4, 0.5) is 13.2 Å². The van der Waals surface area contributed by atoms with Crippen LogP contribution in [0.5, 0.6) is 0 Å². The van der Waals surface area contributed by atoms with E-state index in [-0.39, 0.29) is 25.9 Å². The summed E-state index contributed by atoms with van der Waals surface area (Å²) in [5.74, 6) is -1.47. The van der Waals surface area contributed by atoms with Crippen LogP contribution < -0.4 is 0 Å². The minimum Gasteiger partial charge on any atom is -0.465 e. The van der Waals surface area contributed by atoms with Gasteiger partial charge in [0.1, 0.15) is 0 Å². The van der Waals surface area contributed by atoms with Crippen LogP contribution in [0.15, 0.2) is 30.3 Å². The van der Waals surface area contributed by atoms with Crippen molar-refractivity contribution in [2.45, 2.75) is 44.9 Å². The average Bonchev–Trinajstić information content (AvgIpc) is 2.47. The summed E-state index contributed by atoms with van der Waals surface area (Å²) >= 11 is 0. The van der Waals surface area contributed by atoms with Gasteiger partial charge >= 0.3 is 18.1 Å². The predicted molar refractivity (Wildman–Crippen MR) is 76.6 cm³/mol. The quantitative estimate of drug-likeness (QED) is 0.684. The van der Waals surface area contributed by atoms with E-state index in [1.807, 2.05) is 30.3 Å². The Balaban J connectivity index is 2.13. The largest absolute Gasteiger partial charge is 0.465 e. The third-order valence-electron chi connectivity index (χ3n) is 3.03. The van der Waals surface area contributed by atoms with Gasteiger partial charge in [-0.3, -0.25) is 9.59 Å². The van der Waals surface area contributed by atoms with Gasteiger partial charge in [0, 0.05) is 19.3 Å². The molecule has 0 fully saturated rings. The number of hydrogen-bond acceptors (Lipinski definition) is 4. The van der Waals surface area contributed by atoms with Crippen molar-refractivity contribution >= 4 is 11.9 Å². The van der Waals surface area contributed by atoms with Gasteiger partial charge in [-0.15, -0.1) is 0 Å².